The second kappa shape index (κ2) is 7.74. The molecule has 104 valence electrons. The summed E-state index contributed by atoms with van der Waals surface area (Å²) in [6.45, 7) is 5.44. The van der Waals surface area contributed by atoms with Crippen molar-refractivity contribution in [2.45, 2.75) is 45.8 Å². The normalized spacial score (nSPS) is 14.3. The number of hydrogen-bond donors (Lipinski definition) is 1. The van der Waals surface area contributed by atoms with Gasteiger partial charge in [-0.05, 0) is 44.0 Å². The van der Waals surface area contributed by atoms with Gasteiger partial charge in [-0.15, -0.1) is 0 Å². The van der Waals surface area contributed by atoms with Gasteiger partial charge in [0.2, 0.25) is 0 Å². The molecular formula is C16H22O3. The summed E-state index contributed by atoms with van der Waals surface area (Å²) >= 11 is 0. The molecule has 0 aromatic heterocycles. The molecule has 0 saturated heterocycles. The van der Waals surface area contributed by atoms with Crippen LogP contribution in [0.3, 0.4) is 0 Å². The van der Waals surface area contributed by atoms with Gasteiger partial charge in [-0.3, -0.25) is 4.79 Å². The third-order valence-electron chi connectivity index (χ3n) is 2.77. The van der Waals surface area contributed by atoms with E-state index in [0.29, 0.717) is 5.75 Å². The van der Waals surface area contributed by atoms with E-state index in [9.17, 15) is 9.90 Å². The number of aliphatic hydroxyl groups is 1. The summed E-state index contributed by atoms with van der Waals surface area (Å²) in [5, 5.41) is 9.63. The number of hydrogen-bond acceptors (Lipinski definition) is 3. The molecule has 0 fully saturated rings. The Labute approximate surface area is 114 Å². The number of aliphatic hydroxyl groups excluding tert-OH is 1. The van der Waals surface area contributed by atoms with E-state index >= 15 is 0 Å². The molecule has 1 rings (SSSR count). The predicted molar refractivity (Wildman–Crippen MR) is 76.4 cm³/mol. The number of ketones is 1. The van der Waals surface area contributed by atoms with Crippen LogP contribution in [0.25, 0.3) is 0 Å². The Hall–Kier alpha value is -1.61. The first-order valence-electron chi connectivity index (χ1n) is 6.68. The first-order valence-corrected chi connectivity index (χ1v) is 6.68. The van der Waals surface area contributed by atoms with Crippen LogP contribution in [0.2, 0.25) is 0 Å². The summed E-state index contributed by atoms with van der Waals surface area (Å²) in [4.78, 5) is 11.8. The van der Waals surface area contributed by atoms with Crippen LogP contribution >= 0.6 is 0 Å². The van der Waals surface area contributed by atoms with E-state index < -0.39 is 12.2 Å². The SMILES string of the molecule is CC=CC(=O)C(Oc1ccc(CCC)cc1)C(C)O. The minimum atomic E-state index is -0.853. The minimum Gasteiger partial charge on any atom is -0.480 e. The summed E-state index contributed by atoms with van der Waals surface area (Å²) in [5.41, 5.74) is 1.24. The lowest BCUT2D eigenvalue weighted by Crippen LogP contribution is -2.36. The highest BCUT2D eigenvalue weighted by atomic mass is 16.5. The van der Waals surface area contributed by atoms with Crippen LogP contribution in [0.4, 0.5) is 0 Å². The fraction of sp³-hybridized carbons (Fsp3) is 0.438. The van der Waals surface area contributed by atoms with Gasteiger partial charge in [0.1, 0.15) is 5.75 Å². The molecule has 3 heteroatoms. The van der Waals surface area contributed by atoms with Crippen LogP contribution in [0.1, 0.15) is 32.8 Å². The third-order valence-corrected chi connectivity index (χ3v) is 2.77. The summed E-state index contributed by atoms with van der Waals surface area (Å²) in [6.07, 6.45) is 3.48. The van der Waals surface area contributed by atoms with E-state index in [2.05, 4.69) is 6.92 Å². The quantitative estimate of drug-likeness (QED) is 0.768. The molecule has 2 atom stereocenters. The maximum Gasteiger partial charge on any atom is 0.198 e. The van der Waals surface area contributed by atoms with Gasteiger partial charge in [0, 0.05) is 0 Å². The van der Waals surface area contributed by atoms with Crippen molar-refractivity contribution in [1.82, 2.24) is 0 Å². The van der Waals surface area contributed by atoms with Crippen LogP contribution in [0, 0.1) is 0 Å². The van der Waals surface area contributed by atoms with Crippen molar-refractivity contribution in [3.63, 3.8) is 0 Å². The molecule has 0 bridgehead atoms. The highest BCUT2D eigenvalue weighted by Gasteiger charge is 2.23. The van der Waals surface area contributed by atoms with Crippen LogP contribution in [0.15, 0.2) is 36.4 Å². The van der Waals surface area contributed by atoms with Gasteiger partial charge < -0.3 is 9.84 Å². The monoisotopic (exact) mass is 262 g/mol. The van der Waals surface area contributed by atoms with Crippen LogP contribution in [0.5, 0.6) is 5.75 Å². The third kappa shape index (κ3) is 4.87. The summed E-state index contributed by atoms with van der Waals surface area (Å²) in [7, 11) is 0. The van der Waals surface area contributed by atoms with Crippen LogP contribution in [-0.2, 0) is 11.2 Å². The fourth-order valence-corrected chi connectivity index (χ4v) is 1.82. The van der Waals surface area contributed by atoms with Crippen molar-refractivity contribution in [3.8, 4) is 5.75 Å². The van der Waals surface area contributed by atoms with Crippen LogP contribution in [-0.4, -0.2) is 23.1 Å². The zero-order valence-corrected chi connectivity index (χ0v) is 11.8. The average Bonchev–Trinajstić information content (AvgIpc) is 2.38. The molecule has 0 saturated carbocycles. The Kier molecular flexibility index (Phi) is 6.30. The van der Waals surface area contributed by atoms with Crippen molar-refractivity contribution in [3.05, 3.63) is 42.0 Å². The first kappa shape index (κ1) is 15.4. The van der Waals surface area contributed by atoms with E-state index in [1.807, 2.05) is 24.3 Å². The number of carbonyl (C=O) groups is 1. The van der Waals surface area contributed by atoms with E-state index in [-0.39, 0.29) is 5.78 Å². The van der Waals surface area contributed by atoms with Crippen molar-refractivity contribution in [2.24, 2.45) is 0 Å². The second-order valence-corrected chi connectivity index (χ2v) is 4.58. The van der Waals surface area contributed by atoms with E-state index in [1.165, 1.54) is 11.6 Å². The standard InChI is InChI=1S/C16H22O3/c1-4-6-13-8-10-14(11-9-13)19-16(12(3)17)15(18)7-5-2/h5,7-12,16-17H,4,6H2,1-3H3. The Balaban J connectivity index is 2.76. The summed E-state index contributed by atoms with van der Waals surface area (Å²) in [5.74, 6) is 0.374. The topological polar surface area (TPSA) is 46.5 Å². The number of carbonyl (C=O) groups excluding carboxylic acids is 1. The number of ether oxygens (including phenoxy) is 1. The summed E-state index contributed by atoms with van der Waals surface area (Å²) in [6, 6.07) is 7.64. The number of allylic oxidation sites excluding steroid dienone is 1. The number of rotatable bonds is 7. The molecule has 19 heavy (non-hydrogen) atoms. The molecule has 3 nitrogen and oxygen atoms in total. The average molecular weight is 262 g/mol. The molecule has 1 aromatic carbocycles. The highest BCUT2D eigenvalue weighted by Crippen LogP contribution is 2.16. The Morgan fingerprint density at radius 1 is 1.37 bits per heavy atom. The Morgan fingerprint density at radius 2 is 2.00 bits per heavy atom. The van der Waals surface area contributed by atoms with E-state index in [0.717, 1.165) is 12.8 Å². The zero-order valence-electron chi connectivity index (χ0n) is 11.8. The lowest BCUT2D eigenvalue weighted by molar-refractivity contribution is -0.125. The predicted octanol–water partition coefficient (Wildman–Crippen LogP) is 2.91. The highest BCUT2D eigenvalue weighted by molar-refractivity contribution is 5.94. The second-order valence-electron chi connectivity index (χ2n) is 4.58. The molecule has 2 unspecified atom stereocenters. The van der Waals surface area contributed by atoms with Gasteiger partial charge in [0.05, 0.1) is 6.10 Å². The molecule has 0 heterocycles. The van der Waals surface area contributed by atoms with Gasteiger partial charge in [-0.25, -0.2) is 0 Å². The molecule has 0 spiro atoms. The van der Waals surface area contributed by atoms with Gasteiger partial charge in [0.25, 0.3) is 0 Å². The van der Waals surface area contributed by atoms with Gasteiger partial charge in [0.15, 0.2) is 11.9 Å². The molecular weight excluding hydrogens is 240 g/mol. The van der Waals surface area contributed by atoms with Crippen molar-refractivity contribution in [2.75, 3.05) is 0 Å². The lowest BCUT2D eigenvalue weighted by Gasteiger charge is -2.19. The van der Waals surface area contributed by atoms with Crippen LogP contribution < -0.4 is 4.74 Å². The molecule has 0 aliphatic heterocycles. The lowest BCUT2D eigenvalue weighted by atomic mass is 10.1. The molecule has 1 aromatic rings. The van der Waals surface area contributed by atoms with Gasteiger partial charge in [-0.2, -0.15) is 0 Å². The van der Waals surface area contributed by atoms with Gasteiger partial charge >= 0.3 is 0 Å². The summed E-state index contributed by atoms with van der Waals surface area (Å²) < 4.78 is 5.57. The molecule has 0 aliphatic rings. The maximum atomic E-state index is 11.8. The van der Waals surface area contributed by atoms with E-state index in [4.69, 9.17) is 4.74 Å². The first-order chi connectivity index (χ1) is 9.08. The largest absolute Gasteiger partial charge is 0.480 e. The molecule has 0 amide bonds. The Bertz CT molecular complexity index is 418. The maximum absolute atomic E-state index is 11.8. The molecule has 0 radical (unpaired) electrons. The van der Waals surface area contributed by atoms with Crippen molar-refractivity contribution >= 4 is 5.78 Å². The smallest absolute Gasteiger partial charge is 0.198 e. The van der Waals surface area contributed by atoms with Gasteiger partial charge in [-0.1, -0.05) is 31.6 Å². The van der Waals surface area contributed by atoms with Crippen molar-refractivity contribution in [1.29, 1.82) is 0 Å². The van der Waals surface area contributed by atoms with E-state index in [1.54, 1.807) is 19.9 Å². The molecule has 0 aliphatic carbocycles. The minimum absolute atomic E-state index is 0.227. The number of benzene rings is 1. The van der Waals surface area contributed by atoms with Crippen molar-refractivity contribution < 1.29 is 14.6 Å². The fourth-order valence-electron chi connectivity index (χ4n) is 1.82. The number of aryl methyl sites for hydroxylation is 1. The molecule has 1 N–H and O–H groups in total. The zero-order chi connectivity index (χ0) is 14.3. The Morgan fingerprint density at radius 3 is 2.47 bits per heavy atom.